The summed E-state index contributed by atoms with van der Waals surface area (Å²) in [7, 11) is 0. The Balaban J connectivity index is 1.06. The van der Waals surface area contributed by atoms with Gasteiger partial charge in [-0.15, -0.1) is 22.7 Å². The van der Waals surface area contributed by atoms with E-state index in [1.54, 1.807) is 0 Å². The van der Waals surface area contributed by atoms with Crippen LogP contribution in [0.2, 0.25) is 0 Å². The van der Waals surface area contributed by atoms with Crippen LogP contribution < -0.4 is 31.1 Å². The molecular weight excluding hydrogens is 898 g/mol. The number of fused-ring (bicyclic) bond motifs is 13. The lowest BCUT2D eigenvalue weighted by Gasteiger charge is -2.50. The maximum Gasteiger partial charge on any atom is 0.252 e. The zero-order chi connectivity index (χ0) is 48.5. The molecule has 2 aromatic heterocycles. The molecule has 71 heavy (non-hydrogen) atoms. The monoisotopic (exact) mass is 957 g/mol. The van der Waals surface area contributed by atoms with E-state index in [0.717, 1.165) is 6.42 Å². The quantitative estimate of drug-likeness (QED) is 0.163. The Kier molecular flexibility index (Phi) is 9.10. The molecule has 0 bridgehead atoms. The Morgan fingerprint density at radius 3 is 1.86 bits per heavy atom. The third kappa shape index (κ3) is 6.07. The number of thiophene rings is 2. The fraction of sp³-hybridized carbons (Fsp3) is 0.262. The van der Waals surface area contributed by atoms with Crippen molar-refractivity contribution in [1.29, 1.82) is 0 Å². The largest absolute Gasteiger partial charge is 0.334 e. The molecule has 2 atom stereocenters. The van der Waals surface area contributed by atoms with Gasteiger partial charge in [0, 0.05) is 85.6 Å². The maximum absolute atomic E-state index is 2.79. The van der Waals surface area contributed by atoms with E-state index in [0.29, 0.717) is 0 Å². The van der Waals surface area contributed by atoms with Gasteiger partial charge in [0.25, 0.3) is 6.71 Å². The van der Waals surface area contributed by atoms with Crippen molar-refractivity contribution in [3.63, 3.8) is 0 Å². The first-order valence-corrected chi connectivity index (χ1v) is 27.5. The summed E-state index contributed by atoms with van der Waals surface area (Å²) < 4.78 is 5.29. The van der Waals surface area contributed by atoms with Crippen LogP contribution in [0, 0.1) is 6.92 Å². The van der Waals surface area contributed by atoms with E-state index in [9.17, 15) is 0 Å². The van der Waals surface area contributed by atoms with Crippen molar-refractivity contribution < 1.29 is 0 Å². The van der Waals surface area contributed by atoms with Gasteiger partial charge < -0.3 is 14.7 Å². The van der Waals surface area contributed by atoms with Gasteiger partial charge in [0.15, 0.2) is 0 Å². The van der Waals surface area contributed by atoms with Crippen molar-refractivity contribution in [2.24, 2.45) is 0 Å². The molecule has 0 N–H and O–H groups in total. The summed E-state index contributed by atoms with van der Waals surface area (Å²) in [5, 5.41) is 5.29. The molecule has 4 aliphatic rings. The molecule has 0 amide bonds. The van der Waals surface area contributed by atoms with Gasteiger partial charge in [-0.05, 0) is 149 Å². The van der Waals surface area contributed by atoms with Crippen molar-refractivity contribution in [2.75, 3.05) is 14.7 Å². The summed E-state index contributed by atoms with van der Waals surface area (Å²) in [6.07, 6.45) is 4.86. The number of nitrogens with zero attached hydrogens (tertiary/aromatic N) is 3. The highest BCUT2D eigenvalue weighted by atomic mass is 32.1. The lowest BCUT2D eigenvalue weighted by molar-refractivity contribution is 0.195. The predicted molar refractivity (Wildman–Crippen MR) is 311 cm³/mol. The van der Waals surface area contributed by atoms with Gasteiger partial charge in [-0.2, -0.15) is 0 Å². The first-order valence-electron chi connectivity index (χ1n) is 25.9. The summed E-state index contributed by atoms with van der Waals surface area (Å²) in [5.41, 5.74) is 19.8. The van der Waals surface area contributed by atoms with Gasteiger partial charge in [-0.3, -0.25) is 0 Å². The third-order valence-electron chi connectivity index (χ3n) is 17.5. The predicted octanol–water partition coefficient (Wildman–Crippen LogP) is 17.2. The van der Waals surface area contributed by atoms with Crippen LogP contribution in [0.4, 0.5) is 45.5 Å². The normalized spacial score (nSPS) is 19.4. The number of hydrogen-bond donors (Lipinski definition) is 0. The van der Waals surface area contributed by atoms with Gasteiger partial charge in [0.1, 0.15) is 0 Å². The molecule has 14 rings (SSSR count). The summed E-state index contributed by atoms with van der Waals surface area (Å²) in [5.74, 6) is 0. The first kappa shape index (κ1) is 43.5. The van der Waals surface area contributed by atoms with E-state index < -0.39 is 0 Å². The molecule has 3 nitrogen and oxygen atoms in total. The fourth-order valence-electron chi connectivity index (χ4n) is 13.7. The molecule has 5 heterocycles. The number of hydrogen-bond acceptors (Lipinski definition) is 5. The molecule has 6 heteroatoms. The number of benzene rings is 8. The summed E-state index contributed by atoms with van der Waals surface area (Å²) in [6, 6.07) is 59.6. The topological polar surface area (TPSA) is 9.72 Å². The molecule has 0 saturated heterocycles. The standard InChI is InChI=1S/C65H60BN3S2/c1-39-33-54-61-55(34-39)68(51-19-16-22-58-60(51)46-18-11-13-21-57(46)70-58)52-36-41(63(5,6)7)23-28-48(52)66(61)49-29-26-43(37-53(49)67(54)42-25-27-45-44-17-10-12-20-56(44)71-59(45)38-42)69-50-30-24-40(62(2,3)4)35-47(50)64(8)31-14-15-32-65(64,69)9/h10-13,16-30,33-38H,14-15,31-32H2,1-9H3. The molecule has 0 spiro atoms. The zero-order valence-electron chi connectivity index (χ0n) is 42.5. The van der Waals surface area contributed by atoms with Crippen molar-refractivity contribution in [1.82, 2.24) is 0 Å². The van der Waals surface area contributed by atoms with E-state index in [2.05, 4.69) is 229 Å². The van der Waals surface area contributed by atoms with Crippen molar-refractivity contribution in [3.8, 4) is 0 Å². The van der Waals surface area contributed by atoms with Crippen LogP contribution in [-0.2, 0) is 16.2 Å². The van der Waals surface area contributed by atoms with Gasteiger partial charge in [0.2, 0.25) is 0 Å². The van der Waals surface area contributed by atoms with Crippen LogP contribution in [0.15, 0.2) is 152 Å². The molecule has 10 aromatic rings. The summed E-state index contributed by atoms with van der Waals surface area (Å²) >= 11 is 3.81. The molecule has 2 unspecified atom stereocenters. The van der Waals surface area contributed by atoms with E-state index in [1.807, 2.05) is 22.7 Å². The number of anilines is 8. The van der Waals surface area contributed by atoms with E-state index in [4.69, 9.17) is 0 Å². The minimum Gasteiger partial charge on any atom is -0.334 e. The minimum atomic E-state index is -0.0797. The first-order chi connectivity index (χ1) is 34.1. The lowest BCUT2D eigenvalue weighted by atomic mass is 9.33. The molecular formula is C65H60BN3S2. The Labute approximate surface area is 427 Å². The molecule has 1 fully saturated rings. The highest BCUT2D eigenvalue weighted by Crippen LogP contribution is 2.62. The second-order valence-corrected chi connectivity index (χ2v) is 25.9. The highest BCUT2D eigenvalue weighted by molar-refractivity contribution is 7.26. The highest BCUT2D eigenvalue weighted by Gasteiger charge is 2.58. The second kappa shape index (κ2) is 14.9. The average Bonchev–Trinajstić information content (AvgIpc) is 3.99. The van der Waals surface area contributed by atoms with E-state index in [1.165, 1.54) is 144 Å². The van der Waals surface area contributed by atoms with Gasteiger partial charge in [0.05, 0.1) is 11.2 Å². The Morgan fingerprint density at radius 2 is 1.08 bits per heavy atom. The summed E-state index contributed by atoms with van der Waals surface area (Å²) in [6.45, 7) is 21.6. The van der Waals surface area contributed by atoms with E-state index >= 15 is 0 Å². The molecule has 350 valence electrons. The molecule has 1 aliphatic carbocycles. The maximum atomic E-state index is 2.79. The van der Waals surface area contributed by atoms with Crippen LogP contribution in [-0.4, -0.2) is 12.3 Å². The lowest BCUT2D eigenvalue weighted by Crippen LogP contribution is -2.61. The Hall–Kier alpha value is -6.34. The molecule has 0 radical (unpaired) electrons. The van der Waals surface area contributed by atoms with Crippen LogP contribution in [0.3, 0.4) is 0 Å². The zero-order valence-corrected chi connectivity index (χ0v) is 44.1. The van der Waals surface area contributed by atoms with Crippen LogP contribution in [0.25, 0.3) is 40.3 Å². The Morgan fingerprint density at radius 1 is 0.479 bits per heavy atom. The van der Waals surface area contributed by atoms with Crippen LogP contribution in [0.1, 0.15) is 103 Å². The molecule has 1 saturated carbocycles. The van der Waals surface area contributed by atoms with Gasteiger partial charge in [-0.1, -0.05) is 140 Å². The van der Waals surface area contributed by atoms with Gasteiger partial charge >= 0.3 is 0 Å². The smallest absolute Gasteiger partial charge is 0.252 e. The van der Waals surface area contributed by atoms with Gasteiger partial charge in [-0.25, -0.2) is 0 Å². The number of aryl methyl sites for hydroxylation is 1. The summed E-state index contributed by atoms with van der Waals surface area (Å²) in [4.78, 5) is 8.09. The SMILES string of the molecule is Cc1cc2c3c(c1)N(c1cccc4sc5ccccc5c14)c1cc(C(C)(C)C)ccc1B3c1ccc(N3c4ccc(C(C)(C)C)cc4C4(C)CCCCC34C)cc1N2c1ccc2c(c1)sc1ccccc12. The third-order valence-corrected chi connectivity index (χ3v) is 19.8. The molecule has 8 aromatic carbocycles. The van der Waals surface area contributed by atoms with Crippen molar-refractivity contribution in [2.45, 2.75) is 110 Å². The second-order valence-electron chi connectivity index (χ2n) is 23.7. The van der Waals surface area contributed by atoms with Crippen molar-refractivity contribution >= 4 is 132 Å². The average molecular weight is 958 g/mol. The van der Waals surface area contributed by atoms with Crippen LogP contribution in [0.5, 0.6) is 0 Å². The van der Waals surface area contributed by atoms with Crippen LogP contribution >= 0.6 is 22.7 Å². The minimum absolute atomic E-state index is 0.0170. The fourth-order valence-corrected chi connectivity index (χ4v) is 15.9. The molecule has 3 aliphatic heterocycles. The van der Waals surface area contributed by atoms with Crippen molar-refractivity contribution in [3.05, 3.63) is 174 Å². The Bertz CT molecular complexity index is 3900. The number of rotatable bonds is 3. The van der Waals surface area contributed by atoms with E-state index in [-0.39, 0.29) is 28.5 Å².